The summed E-state index contributed by atoms with van der Waals surface area (Å²) < 4.78 is 0.943. The molecule has 1 atom stereocenters. The minimum absolute atomic E-state index is 0.451. The molecule has 0 bridgehead atoms. The quantitative estimate of drug-likeness (QED) is 0.925. The van der Waals surface area contributed by atoms with Gasteiger partial charge in [0.2, 0.25) is 0 Å². The van der Waals surface area contributed by atoms with E-state index in [1.807, 2.05) is 24.9 Å². The zero-order valence-corrected chi connectivity index (χ0v) is 11.6. The number of pyridine rings is 1. The van der Waals surface area contributed by atoms with E-state index in [1.54, 1.807) is 6.20 Å². The number of hydrogen-bond acceptors (Lipinski definition) is 4. The highest BCUT2D eigenvalue weighted by atomic mass is 79.9. The van der Waals surface area contributed by atoms with Crippen LogP contribution < -0.4 is 10.6 Å². The van der Waals surface area contributed by atoms with E-state index in [-0.39, 0.29) is 0 Å². The first-order chi connectivity index (χ1) is 7.06. The van der Waals surface area contributed by atoms with E-state index in [1.165, 1.54) is 0 Å². The molecule has 0 aliphatic heterocycles. The van der Waals surface area contributed by atoms with Crippen LogP contribution >= 0.6 is 27.7 Å². The van der Waals surface area contributed by atoms with Gasteiger partial charge >= 0.3 is 0 Å². The van der Waals surface area contributed by atoms with Crippen molar-refractivity contribution in [2.75, 3.05) is 29.7 Å². The molecule has 1 rings (SSSR count). The second kappa shape index (κ2) is 5.61. The SMILES string of the molecule is CSCC(C)N(C)c1ncc(N)cc1Br. The van der Waals surface area contributed by atoms with E-state index in [0.29, 0.717) is 11.7 Å². The van der Waals surface area contributed by atoms with Crippen LogP contribution in [0, 0.1) is 0 Å². The van der Waals surface area contributed by atoms with Gasteiger partial charge in [0.15, 0.2) is 0 Å². The Morgan fingerprint density at radius 3 is 2.87 bits per heavy atom. The molecule has 0 spiro atoms. The second-order valence-electron chi connectivity index (χ2n) is 3.49. The molecule has 3 nitrogen and oxygen atoms in total. The predicted molar refractivity (Wildman–Crippen MR) is 72.6 cm³/mol. The van der Waals surface area contributed by atoms with Gasteiger partial charge in [0.1, 0.15) is 5.82 Å². The van der Waals surface area contributed by atoms with Crippen molar-refractivity contribution in [3.05, 3.63) is 16.7 Å². The van der Waals surface area contributed by atoms with E-state index < -0.39 is 0 Å². The number of nitrogens with zero attached hydrogens (tertiary/aromatic N) is 2. The third-order valence-electron chi connectivity index (χ3n) is 2.25. The summed E-state index contributed by atoms with van der Waals surface area (Å²) >= 11 is 5.31. The molecule has 0 aliphatic carbocycles. The first-order valence-electron chi connectivity index (χ1n) is 4.69. The van der Waals surface area contributed by atoms with Gasteiger partial charge in [-0.25, -0.2) is 4.98 Å². The number of nitrogens with two attached hydrogens (primary N) is 1. The molecule has 1 aromatic rings. The normalized spacial score (nSPS) is 12.5. The van der Waals surface area contributed by atoms with Crippen molar-refractivity contribution in [3.63, 3.8) is 0 Å². The Hall–Kier alpha value is -0.420. The summed E-state index contributed by atoms with van der Waals surface area (Å²) in [6.45, 7) is 2.18. The van der Waals surface area contributed by atoms with Crippen molar-refractivity contribution in [3.8, 4) is 0 Å². The molecule has 0 radical (unpaired) electrons. The average molecular weight is 290 g/mol. The molecule has 0 fully saturated rings. The Bertz CT molecular complexity index is 332. The standard InChI is InChI=1S/C10H16BrN3S/c1-7(6-15-3)14(2)10-9(11)4-8(12)5-13-10/h4-5,7H,6,12H2,1-3H3. The van der Waals surface area contributed by atoms with Crippen molar-refractivity contribution < 1.29 is 0 Å². The largest absolute Gasteiger partial charge is 0.397 e. The van der Waals surface area contributed by atoms with Gasteiger partial charge in [0.25, 0.3) is 0 Å². The summed E-state index contributed by atoms with van der Waals surface area (Å²) in [6.07, 6.45) is 3.79. The van der Waals surface area contributed by atoms with Crippen LogP contribution in [0.2, 0.25) is 0 Å². The maximum Gasteiger partial charge on any atom is 0.143 e. The van der Waals surface area contributed by atoms with E-state index >= 15 is 0 Å². The van der Waals surface area contributed by atoms with Gasteiger partial charge < -0.3 is 10.6 Å². The second-order valence-corrected chi connectivity index (χ2v) is 5.25. The Morgan fingerprint density at radius 2 is 2.33 bits per heavy atom. The molecular weight excluding hydrogens is 274 g/mol. The summed E-state index contributed by atoms with van der Waals surface area (Å²) in [5.74, 6) is 2.01. The molecule has 5 heteroatoms. The van der Waals surface area contributed by atoms with E-state index in [2.05, 4.69) is 39.0 Å². The molecule has 2 N–H and O–H groups in total. The molecule has 1 heterocycles. The van der Waals surface area contributed by atoms with Gasteiger partial charge in [-0.05, 0) is 35.2 Å². The van der Waals surface area contributed by atoms with Crippen molar-refractivity contribution >= 4 is 39.2 Å². The third-order valence-corrected chi connectivity index (χ3v) is 3.65. The molecule has 0 aliphatic rings. The van der Waals surface area contributed by atoms with Crippen LogP contribution in [0.25, 0.3) is 0 Å². The van der Waals surface area contributed by atoms with Crippen LogP contribution in [-0.2, 0) is 0 Å². The maximum atomic E-state index is 5.65. The molecule has 1 aromatic heterocycles. The van der Waals surface area contributed by atoms with Gasteiger partial charge in [-0.15, -0.1) is 0 Å². The summed E-state index contributed by atoms with van der Waals surface area (Å²) in [5.41, 5.74) is 6.32. The molecular formula is C10H16BrN3S. The summed E-state index contributed by atoms with van der Waals surface area (Å²) in [4.78, 5) is 6.48. The molecule has 0 saturated carbocycles. The average Bonchev–Trinajstić information content (AvgIpc) is 2.17. The van der Waals surface area contributed by atoms with Gasteiger partial charge in [-0.3, -0.25) is 0 Å². The zero-order valence-electron chi connectivity index (χ0n) is 9.20. The number of rotatable bonds is 4. The molecule has 15 heavy (non-hydrogen) atoms. The molecule has 84 valence electrons. The van der Waals surface area contributed by atoms with E-state index in [0.717, 1.165) is 16.0 Å². The number of halogens is 1. The molecule has 0 saturated heterocycles. The lowest BCUT2D eigenvalue weighted by molar-refractivity contribution is 0.752. The van der Waals surface area contributed by atoms with Gasteiger partial charge in [-0.2, -0.15) is 11.8 Å². The van der Waals surface area contributed by atoms with E-state index in [9.17, 15) is 0 Å². The Balaban J connectivity index is 2.86. The lowest BCUT2D eigenvalue weighted by atomic mass is 10.3. The number of nitrogen functional groups attached to an aromatic ring is 1. The third kappa shape index (κ3) is 3.28. The van der Waals surface area contributed by atoms with E-state index in [4.69, 9.17) is 5.73 Å². The Morgan fingerprint density at radius 1 is 1.67 bits per heavy atom. The van der Waals surface area contributed by atoms with Crippen LogP contribution in [0.5, 0.6) is 0 Å². The monoisotopic (exact) mass is 289 g/mol. The van der Waals surface area contributed by atoms with Crippen molar-refractivity contribution in [1.82, 2.24) is 4.98 Å². The fourth-order valence-corrected chi connectivity index (χ4v) is 2.62. The number of thioether (sulfide) groups is 1. The lowest BCUT2D eigenvalue weighted by Gasteiger charge is -2.26. The van der Waals surface area contributed by atoms with Crippen LogP contribution in [0.4, 0.5) is 11.5 Å². The smallest absolute Gasteiger partial charge is 0.143 e. The fraction of sp³-hybridized carbons (Fsp3) is 0.500. The fourth-order valence-electron chi connectivity index (χ4n) is 1.27. The Labute approximate surface area is 104 Å². The first-order valence-corrected chi connectivity index (χ1v) is 6.87. The van der Waals surface area contributed by atoms with Crippen LogP contribution in [0.3, 0.4) is 0 Å². The highest BCUT2D eigenvalue weighted by Crippen LogP contribution is 2.26. The molecule has 0 aromatic carbocycles. The highest BCUT2D eigenvalue weighted by molar-refractivity contribution is 9.10. The number of aromatic nitrogens is 1. The highest BCUT2D eigenvalue weighted by Gasteiger charge is 2.13. The van der Waals surface area contributed by atoms with Crippen molar-refractivity contribution in [2.24, 2.45) is 0 Å². The number of anilines is 2. The number of hydrogen-bond donors (Lipinski definition) is 1. The van der Waals surface area contributed by atoms with Crippen LogP contribution in [-0.4, -0.2) is 30.1 Å². The summed E-state index contributed by atoms with van der Waals surface area (Å²) in [6, 6.07) is 2.33. The minimum atomic E-state index is 0.451. The summed E-state index contributed by atoms with van der Waals surface area (Å²) in [5, 5.41) is 0. The van der Waals surface area contributed by atoms with Gasteiger partial charge in [-0.1, -0.05) is 0 Å². The van der Waals surface area contributed by atoms with Crippen LogP contribution in [0.15, 0.2) is 16.7 Å². The van der Waals surface area contributed by atoms with Gasteiger partial charge in [0, 0.05) is 18.8 Å². The summed E-state index contributed by atoms with van der Waals surface area (Å²) in [7, 11) is 2.05. The predicted octanol–water partition coefficient (Wildman–Crippen LogP) is 2.61. The van der Waals surface area contributed by atoms with Crippen molar-refractivity contribution in [2.45, 2.75) is 13.0 Å². The zero-order chi connectivity index (χ0) is 11.4. The molecule has 0 amide bonds. The Kier molecular flexibility index (Phi) is 4.73. The molecule has 1 unspecified atom stereocenters. The first kappa shape index (κ1) is 12.6. The maximum absolute atomic E-state index is 5.65. The van der Waals surface area contributed by atoms with Crippen molar-refractivity contribution in [1.29, 1.82) is 0 Å². The lowest BCUT2D eigenvalue weighted by Crippen LogP contribution is -2.31. The van der Waals surface area contributed by atoms with Crippen LogP contribution in [0.1, 0.15) is 6.92 Å². The minimum Gasteiger partial charge on any atom is -0.397 e. The topological polar surface area (TPSA) is 42.2 Å². The van der Waals surface area contributed by atoms with Gasteiger partial charge in [0.05, 0.1) is 16.4 Å².